The van der Waals surface area contributed by atoms with E-state index in [0.29, 0.717) is 11.8 Å². The van der Waals surface area contributed by atoms with Gasteiger partial charge in [-0.2, -0.15) is 0 Å². The van der Waals surface area contributed by atoms with Gasteiger partial charge in [-0.25, -0.2) is 0 Å². The Bertz CT molecular complexity index is 707. The van der Waals surface area contributed by atoms with Crippen LogP contribution < -0.4 is 0 Å². The van der Waals surface area contributed by atoms with Crippen LogP contribution in [0.15, 0.2) is 57.4 Å². The Labute approximate surface area is 119 Å². The van der Waals surface area contributed by atoms with Gasteiger partial charge in [-0.3, -0.25) is 0 Å². The first-order chi connectivity index (χ1) is 9.25. The van der Waals surface area contributed by atoms with Crippen molar-refractivity contribution in [3.63, 3.8) is 0 Å². The number of hydrogen-bond acceptors (Lipinski definition) is 3. The highest BCUT2D eigenvalue weighted by Gasteiger charge is 2.13. The summed E-state index contributed by atoms with van der Waals surface area (Å²) in [6.07, 6.45) is 0. The van der Waals surface area contributed by atoms with E-state index in [1.807, 2.05) is 55.5 Å². The largest absolute Gasteiger partial charge is 0.416 e. The van der Waals surface area contributed by atoms with E-state index in [0.717, 1.165) is 21.2 Å². The molecule has 0 amide bonds. The van der Waals surface area contributed by atoms with Crippen molar-refractivity contribution in [3.8, 4) is 22.9 Å². The Morgan fingerprint density at radius 2 is 1.63 bits per heavy atom. The maximum absolute atomic E-state index is 5.74. The fraction of sp³-hybridized carbons (Fsp3) is 0.0667. The quantitative estimate of drug-likeness (QED) is 0.700. The molecule has 0 atom stereocenters. The molecule has 3 aromatic rings. The lowest BCUT2D eigenvalue weighted by Crippen LogP contribution is -1.83. The van der Waals surface area contributed by atoms with E-state index in [4.69, 9.17) is 4.42 Å². The Balaban J connectivity index is 2.05. The first kappa shape index (κ1) is 12.1. The topological polar surface area (TPSA) is 38.9 Å². The number of halogens is 1. The second-order valence-corrected chi connectivity index (χ2v) is 5.01. The molecule has 0 aliphatic rings. The van der Waals surface area contributed by atoms with Crippen LogP contribution in [0.25, 0.3) is 22.9 Å². The summed E-state index contributed by atoms with van der Waals surface area (Å²) in [6.45, 7) is 2.03. The zero-order valence-corrected chi connectivity index (χ0v) is 11.9. The van der Waals surface area contributed by atoms with Crippen LogP contribution in [0, 0.1) is 6.92 Å². The molecule has 94 valence electrons. The number of rotatable bonds is 2. The zero-order chi connectivity index (χ0) is 13.2. The molecule has 1 heterocycles. The lowest BCUT2D eigenvalue weighted by molar-refractivity contribution is 0.584. The molecule has 0 fully saturated rings. The molecular weight excluding hydrogens is 304 g/mol. The number of aryl methyl sites for hydroxylation is 1. The van der Waals surface area contributed by atoms with Crippen molar-refractivity contribution >= 4 is 15.9 Å². The molecule has 0 saturated heterocycles. The average molecular weight is 315 g/mol. The van der Waals surface area contributed by atoms with Gasteiger partial charge in [0.1, 0.15) is 0 Å². The summed E-state index contributed by atoms with van der Waals surface area (Å²) in [5.41, 5.74) is 2.97. The van der Waals surface area contributed by atoms with E-state index in [1.54, 1.807) is 0 Å². The van der Waals surface area contributed by atoms with Gasteiger partial charge >= 0.3 is 0 Å². The number of aromatic nitrogens is 2. The van der Waals surface area contributed by atoms with Crippen molar-refractivity contribution in [2.24, 2.45) is 0 Å². The van der Waals surface area contributed by atoms with E-state index < -0.39 is 0 Å². The molecule has 0 saturated carbocycles. The molecule has 0 spiro atoms. The molecular formula is C15H11BrN2O. The minimum absolute atomic E-state index is 0.523. The third kappa shape index (κ3) is 2.31. The molecule has 4 heteroatoms. The van der Waals surface area contributed by atoms with Gasteiger partial charge in [0.25, 0.3) is 0 Å². The van der Waals surface area contributed by atoms with Gasteiger partial charge < -0.3 is 4.42 Å². The average Bonchev–Trinajstić information content (AvgIpc) is 2.92. The van der Waals surface area contributed by atoms with Crippen LogP contribution in [-0.2, 0) is 0 Å². The highest BCUT2D eigenvalue weighted by atomic mass is 79.9. The van der Waals surface area contributed by atoms with Crippen molar-refractivity contribution in [1.82, 2.24) is 10.2 Å². The van der Waals surface area contributed by atoms with Gasteiger partial charge in [0.15, 0.2) is 0 Å². The fourth-order valence-electron chi connectivity index (χ4n) is 1.84. The third-order valence-electron chi connectivity index (χ3n) is 2.87. The maximum atomic E-state index is 5.74. The summed E-state index contributed by atoms with van der Waals surface area (Å²) >= 11 is 3.55. The molecule has 0 unspecified atom stereocenters. The van der Waals surface area contributed by atoms with Crippen LogP contribution in [0.2, 0.25) is 0 Å². The van der Waals surface area contributed by atoms with E-state index in [1.165, 1.54) is 0 Å². The second kappa shape index (κ2) is 4.97. The molecule has 0 radical (unpaired) electrons. The van der Waals surface area contributed by atoms with Crippen molar-refractivity contribution in [2.75, 3.05) is 0 Å². The Morgan fingerprint density at radius 1 is 0.895 bits per heavy atom. The van der Waals surface area contributed by atoms with Gasteiger partial charge in [-0.05, 0) is 46.6 Å². The van der Waals surface area contributed by atoms with Crippen LogP contribution in [0.1, 0.15) is 5.56 Å². The zero-order valence-electron chi connectivity index (χ0n) is 10.3. The summed E-state index contributed by atoms with van der Waals surface area (Å²) in [7, 11) is 0. The van der Waals surface area contributed by atoms with Crippen molar-refractivity contribution in [2.45, 2.75) is 6.92 Å². The van der Waals surface area contributed by atoms with Gasteiger partial charge in [0.05, 0.1) is 5.56 Å². The Morgan fingerprint density at radius 3 is 2.42 bits per heavy atom. The van der Waals surface area contributed by atoms with Crippen LogP contribution in [0.5, 0.6) is 0 Å². The first-order valence-electron chi connectivity index (χ1n) is 5.90. The molecule has 2 aromatic carbocycles. The lowest BCUT2D eigenvalue weighted by atomic mass is 10.1. The molecule has 0 aliphatic carbocycles. The van der Waals surface area contributed by atoms with Gasteiger partial charge in [-0.15, -0.1) is 10.2 Å². The molecule has 1 aromatic heterocycles. The molecule has 0 N–H and O–H groups in total. The Hall–Kier alpha value is -1.94. The predicted octanol–water partition coefficient (Wildman–Crippen LogP) is 4.47. The lowest BCUT2D eigenvalue weighted by Gasteiger charge is -2.01. The summed E-state index contributed by atoms with van der Waals surface area (Å²) in [4.78, 5) is 0. The van der Waals surface area contributed by atoms with Crippen molar-refractivity contribution < 1.29 is 4.42 Å². The summed E-state index contributed by atoms with van der Waals surface area (Å²) in [5.74, 6) is 1.05. The second-order valence-electron chi connectivity index (χ2n) is 4.21. The highest BCUT2D eigenvalue weighted by molar-refractivity contribution is 9.10. The number of hydrogen-bond donors (Lipinski definition) is 0. The van der Waals surface area contributed by atoms with Crippen molar-refractivity contribution in [1.29, 1.82) is 0 Å². The Kier molecular flexibility index (Phi) is 3.17. The van der Waals surface area contributed by atoms with E-state index in [9.17, 15) is 0 Å². The van der Waals surface area contributed by atoms with Gasteiger partial charge in [0, 0.05) is 10.0 Å². The summed E-state index contributed by atoms with van der Waals surface area (Å²) < 4.78 is 6.72. The monoisotopic (exact) mass is 314 g/mol. The third-order valence-corrected chi connectivity index (χ3v) is 3.92. The molecule has 3 rings (SSSR count). The minimum Gasteiger partial charge on any atom is -0.416 e. The number of benzene rings is 2. The van der Waals surface area contributed by atoms with Crippen LogP contribution in [-0.4, -0.2) is 10.2 Å². The molecule has 0 bridgehead atoms. The molecule has 3 nitrogen and oxygen atoms in total. The summed E-state index contributed by atoms with van der Waals surface area (Å²) in [5, 5.41) is 8.21. The molecule has 0 aliphatic heterocycles. The fourth-order valence-corrected chi connectivity index (χ4v) is 2.28. The minimum atomic E-state index is 0.523. The standard InChI is InChI=1S/C15H11BrN2O/c1-10-6-5-9-12(13(10)16)15-18-17-14(19-15)11-7-3-2-4-8-11/h2-9H,1H3. The van der Waals surface area contributed by atoms with Crippen LogP contribution >= 0.6 is 15.9 Å². The van der Waals surface area contributed by atoms with Gasteiger partial charge in [-0.1, -0.05) is 30.3 Å². The smallest absolute Gasteiger partial charge is 0.249 e. The normalized spacial score (nSPS) is 10.6. The van der Waals surface area contributed by atoms with E-state index >= 15 is 0 Å². The molecule has 19 heavy (non-hydrogen) atoms. The van der Waals surface area contributed by atoms with Crippen LogP contribution in [0.3, 0.4) is 0 Å². The van der Waals surface area contributed by atoms with E-state index in [2.05, 4.69) is 26.1 Å². The SMILES string of the molecule is Cc1cccc(-c2nnc(-c3ccccc3)o2)c1Br. The highest BCUT2D eigenvalue weighted by Crippen LogP contribution is 2.31. The maximum Gasteiger partial charge on any atom is 0.249 e. The van der Waals surface area contributed by atoms with E-state index in [-0.39, 0.29) is 0 Å². The summed E-state index contributed by atoms with van der Waals surface area (Å²) in [6, 6.07) is 15.7. The first-order valence-corrected chi connectivity index (χ1v) is 6.69. The van der Waals surface area contributed by atoms with Gasteiger partial charge in [0.2, 0.25) is 11.8 Å². The van der Waals surface area contributed by atoms with Crippen molar-refractivity contribution in [3.05, 3.63) is 58.6 Å². The van der Waals surface area contributed by atoms with Crippen LogP contribution in [0.4, 0.5) is 0 Å². The predicted molar refractivity (Wildman–Crippen MR) is 77.6 cm³/mol. The number of nitrogens with zero attached hydrogens (tertiary/aromatic N) is 2.